The molecule has 0 aromatic heterocycles. The van der Waals surface area contributed by atoms with Crippen molar-refractivity contribution in [3.05, 3.63) is 65.2 Å². The van der Waals surface area contributed by atoms with Gasteiger partial charge >= 0.3 is 0 Å². The summed E-state index contributed by atoms with van der Waals surface area (Å²) in [6.07, 6.45) is 0.00885. The zero-order valence-electron chi connectivity index (χ0n) is 15.3. The summed E-state index contributed by atoms with van der Waals surface area (Å²) in [5, 5.41) is 15.3. The molecule has 6 heteroatoms. The number of aryl methyl sites for hydroxylation is 1. The quantitative estimate of drug-likeness (QED) is 0.390. The Labute approximate surface area is 172 Å². The Balaban J connectivity index is 0.00000338. The summed E-state index contributed by atoms with van der Waals surface area (Å²) >= 11 is 0. The molecule has 0 aliphatic carbocycles. The Bertz CT molecular complexity index is 753. The average molecular weight is 464 g/mol. The molecule has 1 unspecified atom stereocenters. The number of aliphatic imine (C=N–C) groups is 1. The van der Waals surface area contributed by atoms with Gasteiger partial charge in [0.25, 0.3) is 0 Å². The molecular weight excluding hydrogens is 439 g/mol. The maximum absolute atomic E-state index is 8.82. The van der Waals surface area contributed by atoms with E-state index in [2.05, 4.69) is 21.7 Å². The summed E-state index contributed by atoms with van der Waals surface area (Å²) in [6, 6.07) is 17.6. The van der Waals surface area contributed by atoms with Crippen molar-refractivity contribution >= 4 is 29.9 Å². The highest BCUT2D eigenvalue weighted by molar-refractivity contribution is 14.0. The molecular formula is C20H25IN4O. The fourth-order valence-corrected chi connectivity index (χ4v) is 2.29. The van der Waals surface area contributed by atoms with E-state index in [1.54, 1.807) is 7.05 Å². The third-order valence-electron chi connectivity index (χ3n) is 3.75. The summed E-state index contributed by atoms with van der Waals surface area (Å²) in [7, 11) is 1.74. The van der Waals surface area contributed by atoms with Gasteiger partial charge in [0, 0.05) is 13.6 Å². The van der Waals surface area contributed by atoms with Gasteiger partial charge in [0.1, 0.15) is 11.9 Å². The molecule has 1 atom stereocenters. The van der Waals surface area contributed by atoms with Crippen molar-refractivity contribution < 1.29 is 4.74 Å². The Kier molecular flexibility index (Phi) is 9.52. The van der Waals surface area contributed by atoms with E-state index >= 15 is 0 Å². The van der Waals surface area contributed by atoms with E-state index in [1.165, 1.54) is 0 Å². The molecule has 0 aliphatic rings. The van der Waals surface area contributed by atoms with Crippen LogP contribution in [0.25, 0.3) is 0 Å². The highest BCUT2D eigenvalue weighted by Crippen LogP contribution is 2.17. The number of nitrogens with zero attached hydrogens (tertiary/aromatic N) is 2. The van der Waals surface area contributed by atoms with E-state index < -0.39 is 0 Å². The smallest absolute Gasteiger partial charge is 0.191 e. The number of para-hydroxylation sites is 1. The summed E-state index contributed by atoms with van der Waals surface area (Å²) in [5.74, 6) is 1.61. The monoisotopic (exact) mass is 464 g/mol. The number of halogens is 1. The molecule has 2 N–H and O–H groups in total. The molecule has 138 valence electrons. The first kappa shape index (κ1) is 21.8. The molecule has 26 heavy (non-hydrogen) atoms. The standard InChI is InChI=1S/C20H24N4O.HI/c1-15-6-4-5-7-19(15)25-16(2)13-23-20(22-3)24-14-18-10-8-17(12-21)9-11-18;/h4-11,16H,13-14H2,1-3H3,(H2,22,23,24);1H. The SMILES string of the molecule is CN=C(NCc1ccc(C#N)cc1)NCC(C)Oc1ccccc1C.I. The van der Waals surface area contributed by atoms with Crippen LogP contribution in [-0.2, 0) is 6.54 Å². The molecule has 2 rings (SSSR count). The molecule has 0 saturated carbocycles. The fraction of sp³-hybridized carbons (Fsp3) is 0.300. The molecule has 0 fully saturated rings. The molecule has 0 spiro atoms. The van der Waals surface area contributed by atoms with Crippen LogP contribution in [0.3, 0.4) is 0 Å². The summed E-state index contributed by atoms with van der Waals surface area (Å²) in [5.41, 5.74) is 2.87. The average Bonchev–Trinajstić information content (AvgIpc) is 2.64. The first-order chi connectivity index (χ1) is 12.1. The third-order valence-corrected chi connectivity index (χ3v) is 3.75. The maximum Gasteiger partial charge on any atom is 0.191 e. The minimum absolute atomic E-state index is 0. The Morgan fingerprint density at radius 1 is 1.15 bits per heavy atom. The van der Waals surface area contributed by atoms with E-state index in [9.17, 15) is 0 Å². The minimum Gasteiger partial charge on any atom is -0.489 e. The number of benzene rings is 2. The molecule has 0 amide bonds. The van der Waals surface area contributed by atoms with Crippen molar-refractivity contribution in [3.63, 3.8) is 0 Å². The van der Waals surface area contributed by atoms with Gasteiger partial charge < -0.3 is 15.4 Å². The van der Waals surface area contributed by atoms with Gasteiger partial charge in [-0.25, -0.2) is 0 Å². The van der Waals surface area contributed by atoms with Crippen molar-refractivity contribution in [2.24, 2.45) is 4.99 Å². The van der Waals surface area contributed by atoms with Crippen molar-refractivity contribution in [1.29, 1.82) is 5.26 Å². The van der Waals surface area contributed by atoms with Crippen LogP contribution < -0.4 is 15.4 Å². The largest absolute Gasteiger partial charge is 0.489 e. The van der Waals surface area contributed by atoms with E-state index in [1.807, 2.05) is 62.4 Å². The molecule has 0 saturated heterocycles. The van der Waals surface area contributed by atoms with Crippen LogP contribution in [0, 0.1) is 18.3 Å². The van der Waals surface area contributed by atoms with Crippen LogP contribution in [-0.4, -0.2) is 25.7 Å². The van der Waals surface area contributed by atoms with Gasteiger partial charge in [0.05, 0.1) is 18.2 Å². The lowest BCUT2D eigenvalue weighted by Gasteiger charge is -2.18. The van der Waals surface area contributed by atoms with Crippen LogP contribution in [0.15, 0.2) is 53.5 Å². The number of rotatable bonds is 6. The summed E-state index contributed by atoms with van der Waals surface area (Å²) < 4.78 is 5.95. The fourth-order valence-electron chi connectivity index (χ4n) is 2.29. The molecule has 5 nitrogen and oxygen atoms in total. The summed E-state index contributed by atoms with van der Waals surface area (Å²) in [6.45, 7) is 5.33. The number of nitrogens with one attached hydrogen (secondary N) is 2. The van der Waals surface area contributed by atoms with Gasteiger partial charge in [-0.05, 0) is 43.2 Å². The third kappa shape index (κ3) is 6.92. The second kappa shape index (κ2) is 11.4. The van der Waals surface area contributed by atoms with Gasteiger partial charge in [-0.3, -0.25) is 4.99 Å². The highest BCUT2D eigenvalue weighted by atomic mass is 127. The van der Waals surface area contributed by atoms with Crippen LogP contribution in [0.1, 0.15) is 23.6 Å². The van der Waals surface area contributed by atoms with Crippen LogP contribution in [0.5, 0.6) is 5.75 Å². The topological polar surface area (TPSA) is 69.4 Å². The Morgan fingerprint density at radius 3 is 2.46 bits per heavy atom. The first-order valence-electron chi connectivity index (χ1n) is 8.28. The highest BCUT2D eigenvalue weighted by Gasteiger charge is 2.07. The Morgan fingerprint density at radius 2 is 1.85 bits per heavy atom. The van der Waals surface area contributed by atoms with Crippen LogP contribution in [0.2, 0.25) is 0 Å². The van der Waals surface area contributed by atoms with E-state index in [0.29, 0.717) is 24.6 Å². The van der Waals surface area contributed by atoms with E-state index in [-0.39, 0.29) is 30.1 Å². The number of ether oxygens (including phenoxy) is 1. The first-order valence-corrected chi connectivity index (χ1v) is 8.28. The lowest BCUT2D eigenvalue weighted by molar-refractivity contribution is 0.222. The molecule has 0 aliphatic heterocycles. The van der Waals surface area contributed by atoms with Gasteiger partial charge in [-0.1, -0.05) is 30.3 Å². The number of hydrogen-bond acceptors (Lipinski definition) is 3. The molecule has 0 radical (unpaired) electrons. The second-order valence-electron chi connectivity index (χ2n) is 5.81. The van der Waals surface area contributed by atoms with Crippen molar-refractivity contribution in [1.82, 2.24) is 10.6 Å². The Hall–Kier alpha value is -2.27. The van der Waals surface area contributed by atoms with Crippen molar-refractivity contribution in [2.45, 2.75) is 26.5 Å². The molecule has 0 heterocycles. The van der Waals surface area contributed by atoms with Gasteiger partial charge in [0.2, 0.25) is 0 Å². The van der Waals surface area contributed by atoms with Gasteiger partial charge in [-0.2, -0.15) is 5.26 Å². The molecule has 0 bridgehead atoms. The minimum atomic E-state index is 0. The molecule has 2 aromatic carbocycles. The maximum atomic E-state index is 8.82. The van der Waals surface area contributed by atoms with Crippen molar-refractivity contribution in [2.75, 3.05) is 13.6 Å². The zero-order chi connectivity index (χ0) is 18.1. The number of nitriles is 1. The summed E-state index contributed by atoms with van der Waals surface area (Å²) in [4.78, 5) is 4.22. The predicted octanol–water partition coefficient (Wildman–Crippen LogP) is 3.62. The normalized spacial score (nSPS) is 11.7. The predicted molar refractivity (Wildman–Crippen MR) is 116 cm³/mol. The van der Waals surface area contributed by atoms with Crippen LogP contribution in [0.4, 0.5) is 0 Å². The lowest BCUT2D eigenvalue weighted by Crippen LogP contribution is -2.41. The number of hydrogen-bond donors (Lipinski definition) is 2. The second-order valence-corrected chi connectivity index (χ2v) is 5.81. The van der Waals surface area contributed by atoms with Gasteiger partial charge in [-0.15, -0.1) is 24.0 Å². The zero-order valence-corrected chi connectivity index (χ0v) is 17.7. The molecule has 2 aromatic rings. The van der Waals surface area contributed by atoms with Gasteiger partial charge in [0.15, 0.2) is 5.96 Å². The van der Waals surface area contributed by atoms with E-state index in [0.717, 1.165) is 16.9 Å². The lowest BCUT2D eigenvalue weighted by atomic mass is 10.1. The van der Waals surface area contributed by atoms with Crippen molar-refractivity contribution in [3.8, 4) is 11.8 Å². The van der Waals surface area contributed by atoms with E-state index in [4.69, 9.17) is 10.00 Å². The number of guanidine groups is 1. The van der Waals surface area contributed by atoms with Crippen LogP contribution >= 0.6 is 24.0 Å².